The zero-order valence-corrected chi connectivity index (χ0v) is 16.0. The maximum atomic E-state index is 6.99. The van der Waals surface area contributed by atoms with E-state index in [0.717, 1.165) is 5.90 Å². The lowest BCUT2D eigenvalue weighted by Gasteiger charge is -2.48. The second kappa shape index (κ2) is 5.07. The van der Waals surface area contributed by atoms with Gasteiger partial charge in [-0.15, -0.1) is 0 Å². The van der Waals surface area contributed by atoms with Crippen LogP contribution in [0, 0.1) is 0 Å². The first-order valence-electron chi connectivity index (χ1n) is 6.77. The van der Waals surface area contributed by atoms with Gasteiger partial charge in [-0.2, -0.15) is 0 Å². The topological polar surface area (TPSA) is 0 Å². The van der Waals surface area contributed by atoms with Gasteiger partial charge in [-0.05, 0) is 69.5 Å². The summed E-state index contributed by atoms with van der Waals surface area (Å²) < 4.78 is 0. The van der Waals surface area contributed by atoms with E-state index in [1.165, 1.54) is 0 Å². The highest BCUT2D eigenvalue weighted by molar-refractivity contribution is 8.12. The predicted molar refractivity (Wildman–Crippen MR) is 95.4 cm³/mol. The molecule has 0 nitrogen and oxygen atoms in total. The summed E-state index contributed by atoms with van der Waals surface area (Å²) in [7, 11) is 10.6. The zero-order chi connectivity index (χ0) is 15.2. The van der Waals surface area contributed by atoms with Crippen LogP contribution in [0.3, 0.4) is 0 Å². The monoisotopic (exact) mass is 284 g/mol. The highest BCUT2D eigenvalue weighted by atomic mass is 31.2. The van der Waals surface area contributed by atoms with Gasteiger partial charge in [0.25, 0.3) is 0 Å². The molecule has 0 bridgehead atoms. The third-order valence-electron chi connectivity index (χ3n) is 4.44. The van der Waals surface area contributed by atoms with Crippen LogP contribution in [-0.4, -0.2) is 43.2 Å². The van der Waals surface area contributed by atoms with Crippen molar-refractivity contribution in [2.45, 2.75) is 77.8 Å². The van der Waals surface area contributed by atoms with Crippen LogP contribution in [0.1, 0.15) is 62.3 Å². The Balaban J connectivity index is 5.58. The van der Waals surface area contributed by atoms with Crippen molar-refractivity contribution in [1.82, 2.24) is 0 Å². The molecule has 1 unspecified atom stereocenters. The summed E-state index contributed by atoms with van der Waals surface area (Å²) >= 11 is 0. The largest absolute Gasteiger partial charge is 0.370 e. The summed E-state index contributed by atoms with van der Waals surface area (Å²) in [5.41, 5.74) is 0. The van der Waals surface area contributed by atoms with E-state index >= 15 is 0 Å². The Morgan fingerprint density at radius 3 is 1.11 bits per heavy atom. The minimum absolute atomic E-state index is 0.150. The molecular weight excluding hydrogens is 252 g/mol. The van der Waals surface area contributed by atoms with Gasteiger partial charge in [-0.3, -0.25) is 0 Å². The van der Waals surface area contributed by atoms with Crippen molar-refractivity contribution in [3.05, 3.63) is 0 Å². The van der Waals surface area contributed by atoms with Gasteiger partial charge in [0.15, 0.2) is 0 Å². The lowest BCUT2D eigenvalue weighted by atomic mass is 10.2. The van der Waals surface area contributed by atoms with Gasteiger partial charge in [0.1, 0.15) is 5.90 Å². The Labute approximate surface area is 120 Å². The van der Waals surface area contributed by atoms with E-state index < -0.39 is 14.3 Å². The second-order valence-electron chi connectivity index (χ2n) is 8.79. The molecule has 0 amide bonds. The van der Waals surface area contributed by atoms with Crippen LogP contribution in [0.15, 0.2) is 0 Å². The Bertz CT molecular complexity index is 276. The molecule has 4 radical (unpaired) electrons. The highest BCUT2D eigenvalue weighted by Crippen LogP contribution is 2.82. The van der Waals surface area contributed by atoms with Crippen LogP contribution in [0.5, 0.6) is 0 Å². The summed E-state index contributed by atoms with van der Waals surface area (Å²) in [5, 5.41) is 0.475. The van der Waals surface area contributed by atoms with E-state index in [0.29, 0.717) is 0 Å². The maximum Gasteiger partial charge on any atom is 0.370 e. The number of rotatable bonds is 2. The normalized spacial score (nSPS) is 18.6. The van der Waals surface area contributed by atoms with E-state index in [-0.39, 0.29) is 15.5 Å². The first-order valence-corrected chi connectivity index (χ1v) is 11.3. The Morgan fingerprint density at radius 1 is 0.667 bits per heavy atom. The fourth-order valence-corrected chi connectivity index (χ4v) is 12.9. The highest BCUT2D eigenvalue weighted by Gasteiger charge is 2.60. The third-order valence-corrected chi connectivity index (χ3v) is 16.4. The molecule has 0 N–H and O–H groups in total. The van der Waals surface area contributed by atoms with Crippen LogP contribution in [0.2, 0.25) is 0 Å². The van der Waals surface area contributed by atoms with E-state index in [1.54, 1.807) is 0 Å². The van der Waals surface area contributed by atoms with Gasteiger partial charge in [-0.1, -0.05) is 0 Å². The smallest absolute Gasteiger partial charge is 0.0275 e. The van der Waals surface area contributed by atoms with Crippen molar-refractivity contribution in [2.24, 2.45) is 0 Å². The van der Waals surface area contributed by atoms with E-state index in [2.05, 4.69) is 69.0 Å². The molecule has 0 rings (SSSR count). The molecule has 0 aromatic carbocycles. The molecule has 1 atom stereocenters. The van der Waals surface area contributed by atoms with Crippen molar-refractivity contribution in [3.8, 4) is 0 Å². The Hall–Kier alpha value is 0.990. The van der Waals surface area contributed by atoms with E-state index in [1.807, 2.05) is 0 Å². The fourth-order valence-electron chi connectivity index (χ4n) is 2.11. The first-order chi connectivity index (χ1) is 7.46. The molecule has 0 saturated carbocycles. The van der Waals surface area contributed by atoms with Crippen LogP contribution in [0.4, 0.5) is 0 Å². The third kappa shape index (κ3) is 3.76. The minimum Gasteiger partial charge on any atom is -0.0275 e. The zero-order valence-electron chi connectivity index (χ0n) is 14.3. The first kappa shape index (κ1) is 19.0. The molecule has 0 aliphatic heterocycles. The quantitative estimate of drug-likeness (QED) is 0.484. The summed E-state index contributed by atoms with van der Waals surface area (Å²) in [4.78, 5) is 0. The standard InChI is InChI=1S/C14H32B2P2/c1-12(2,3)17(10,15)11-18(16,13(4,5)6)14(7,8)9/h11H2,1-10H3/q+2. The average molecular weight is 284 g/mol. The van der Waals surface area contributed by atoms with Gasteiger partial charge in [0.05, 0.1) is 15.5 Å². The summed E-state index contributed by atoms with van der Waals surface area (Å²) in [5.74, 6) is 1.04. The van der Waals surface area contributed by atoms with E-state index in [4.69, 9.17) is 15.1 Å². The van der Waals surface area contributed by atoms with Gasteiger partial charge < -0.3 is 0 Å². The van der Waals surface area contributed by atoms with Crippen LogP contribution < -0.4 is 0 Å². The Morgan fingerprint density at radius 2 is 0.944 bits per heavy atom. The van der Waals surface area contributed by atoms with Crippen molar-refractivity contribution >= 4 is 29.4 Å². The SMILES string of the molecule is [B][P+](C)(C[P+]([B])(C(C)(C)C)C(C)(C)C)C(C)(C)C. The molecule has 0 saturated heterocycles. The van der Waals surface area contributed by atoms with Gasteiger partial charge in [-0.25, -0.2) is 0 Å². The van der Waals surface area contributed by atoms with Crippen molar-refractivity contribution in [3.63, 3.8) is 0 Å². The number of hydrogen-bond acceptors (Lipinski definition) is 0. The van der Waals surface area contributed by atoms with Crippen LogP contribution in [0.25, 0.3) is 0 Å². The van der Waals surface area contributed by atoms with Crippen LogP contribution >= 0.6 is 14.3 Å². The summed E-state index contributed by atoms with van der Waals surface area (Å²) in [6.45, 7) is 22.8. The van der Waals surface area contributed by atoms with Crippen molar-refractivity contribution < 1.29 is 0 Å². The lowest BCUT2D eigenvalue weighted by Crippen LogP contribution is -2.38. The fraction of sp³-hybridized carbons (Fsp3) is 1.00. The molecule has 0 spiro atoms. The van der Waals surface area contributed by atoms with E-state index in [9.17, 15) is 0 Å². The minimum atomic E-state index is -1.63. The van der Waals surface area contributed by atoms with Gasteiger partial charge >= 0.3 is 15.1 Å². The van der Waals surface area contributed by atoms with Gasteiger partial charge in [0, 0.05) is 13.8 Å². The molecule has 0 aliphatic carbocycles. The summed E-state index contributed by atoms with van der Waals surface area (Å²) in [6, 6.07) is 0. The molecule has 0 heterocycles. The molecule has 0 aliphatic rings. The van der Waals surface area contributed by atoms with Crippen LogP contribution in [-0.2, 0) is 0 Å². The molecule has 18 heavy (non-hydrogen) atoms. The van der Waals surface area contributed by atoms with Crippen molar-refractivity contribution in [1.29, 1.82) is 0 Å². The average Bonchev–Trinajstić information content (AvgIpc) is 1.95. The number of hydrogen-bond donors (Lipinski definition) is 0. The summed E-state index contributed by atoms with van der Waals surface area (Å²) in [6.07, 6.45) is 0. The van der Waals surface area contributed by atoms with Crippen molar-refractivity contribution in [2.75, 3.05) is 12.6 Å². The molecule has 0 fully saturated rings. The molecule has 0 aromatic rings. The second-order valence-corrected chi connectivity index (χ2v) is 18.2. The van der Waals surface area contributed by atoms with Gasteiger partial charge in [0.2, 0.25) is 0 Å². The molecule has 4 heteroatoms. The lowest BCUT2D eigenvalue weighted by molar-refractivity contribution is 0.701. The maximum absolute atomic E-state index is 6.99. The molecule has 0 aromatic heterocycles. The molecular formula is C14H32B2P2+2. The Kier molecular flexibility index (Phi) is 5.35. The molecule has 102 valence electrons. The predicted octanol–water partition coefficient (Wildman–Crippen LogP) is 5.17.